The molecule has 42 heavy (non-hydrogen) atoms. The first-order valence-electron chi connectivity index (χ1n) is 15.1. The van der Waals surface area contributed by atoms with Gasteiger partial charge in [0, 0.05) is 19.3 Å². The first kappa shape index (κ1) is 35.1. The molecule has 2 aliphatic carbocycles. The zero-order valence-corrected chi connectivity index (χ0v) is 28.5. The van der Waals surface area contributed by atoms with Gasteiger partial charge in [0.15, 0.2) is 0 Å². The van der Waals surface area contributed by atoms with Crippen molar-refractivity contribution in [3.05, 3.63) is 130 Å². The van der Waals surface area contributed by atoms with Crippen LogP contribution in [0.3, 0.4) is 0 Å². The number of carbonyl (C=O) groups excluding carboxylic acids is 1. The van der Waals surface area contributed by atoms with Crippen LogP contribution in [0.5, 0.6) is 0 Å². The Hall–Kier alpha value is -3.10. The Morgan fingerprint density at radius 1 is 0.595 bits per heavy atom. The lowest BCUT2D eigenvalue weighted by atomic mass is 9.72. The topological polar surface area (TPSA) is 17.1 Å². The molecule has 0 aromatic carbocycles. The number of ketones is 1. The highest BCUT2D eigenvalue weighted by Crippen LogP contribution is 2.40. The largest absolute Gasteiger partial charge is 0.299 e. The molecule has 0 aliphatic heterocycles. The summed E-state index contributed by atoms with van der Waals surface area (Å²) in [4.78, 5) is 13.1. The molecule has 0 amide bonds. The van der Waals surface area contributed by atoms with E-state index in [9.17, 15) is 4.79 Å². The lowest BCUT2D eigenvalue weighted by Gasteiger charge is -2.33. The van der Waals surface area contributed by atoms with Crippen LogP contribution in [0.1, 0.15) is 94.9 Å². The van der Waals surface area contributed by atoms with E-state index < -0.39 is 0 Å². The van der Waals surface area contributed by atoms with Crippen LogP contribution < -0.4 is 0 Å². The number of Topliss-reactive ketones (excluding diaryl/α,β-unsaturated/α-hetero) is 1. The predicted molar refractivity (Wildman–Crippen MR) is 190 cm³/mol. The highest BCUT2D eigenvalue weighted by molar-refractivity contribution is 7.80. The van der Waals surface area contributed by atoms with Crippen molar-refractivity contribution in [1.29, 1.82) is 0 Å². The van der Waals surface area contributed by atoms with Crippen molar-refractivity contribution in [2.24, 2.45) is 10.8 Å². The van der Waals surface area contributed by atoms with Gasteiger partial charge in [-0.1, -0.05) is 158 Å². The molecular formula is C40H52OS. The Kier molecular flexibility index (Phi) is 13.3. The zero-order valence-electron chi connectivity index (χ0n) is 27.7. The van der Waals surface area contributed by atoms with Crippen LogP contribution in [-0.4, -0.2) is 10.6 Å². The Morgan fingerprint density at radius 3 is 1.40 bits per heavy atom. The van der Waals surface area contributed by atoms with Gasteiger partial charge in [-0.05, 0) is 74.8 Å². The maximum atomic E-state index is 12.0. The number of carbonyl (C=O) groups is 1. The molecule has 0 saturated heterocycles. The summed E-state index contributed by atoms with van der Waals surface area (Å²) in [5.41, 5.74) is 10.1. The number of hydrogen-bond acceptors (Lipinski definition) is 2. The van der Waals surface area contributed by atoms with Gasteiger partial charge in [-0.2, -0.15) is 0 Å². The summed E-state index contributed by atoms with van der Waals surface area (Å²) >= 11 is 5.51. The summed E-state index contributed by atoms with van der Waals surface area (Å²) in [7, 11) is 0. The van der Waals surface area contributed by atoms with Gasteiger partial charge in [0.2, 0.25) is 0 Å². The molecule has 2 aliphatic rings. The third kappa shape index (κ3) is 11.6. The molecule has 1 nitrogen and oxygen atoms in total. The lowest BCUT2D eigenvalue weighted by molar-refractivity contribution is -0.120. The minimum Gasteiger partial charge on any atom is -0.299 e. The van der Waals surface area contributed by atoms with E-state index in [1.54, 1.807) is 0 Å². The first-order chi connectivity index (χ1) is 19.6. The fraction of sp³-hybridized carbons (Fsp3) is 0.400. The van der Waals surface area contributed by atoms with Crippen LogP contribution in [0.4, 0.5) is 0 Å². The lowest BCUT2D eigenvalue weighted by Crippen LogP contribution is -2.25. The highest BCUT2D eigenvalue weighted by Gasteiger charge is 2.31. The van der Waals surface area contributed by atoms with Crippen molar-refractivity contribution in [2.45, 2.75) is 94.9 Å². The maximum absolute atomic E-state index is 12.0. The van der Waals surface area contributed by atoms with Gasteiger partial charge in [0.1, 0.15) is 5.78 Å². The number of thiocarbonyl (C=S) groups is 1. The van der Waals surface area contributed by atoms with E-state index in [0.29, 0.717) is 18.6 Å². The standard InChI is InChI=1S/C40H52OS/c1-29(17-13-19-31(3)21-23-37-33(5)25-35(41)27-39(37,7)8)15-11-12-16-30(2)18-14-20-32(4)22-24-38-34(6)26-36(42)28-40(38,9)10/h11-24H,25-28H2,1-10H3/b12-11+,17-13+,18-14+,23-21+,24-22+,29-15+,30-16+,31-19+,32-20+. The molecule has 0 bridgehead atoms. The van der Waals surface area contributed by atoms with E-state index in [1.807, 2.05) is 0 Å². The molecule has 0 radical (unpaired) electrons. The summed E-state index contributed by atoms with van der Waals surface area (Å²) < 4.78 is 0. The van der Waals surface area contributed by atoms with Crippen molar-refractivity contribution in [3.63, 3.8) is 0 Å². The number of allylic oxidation sites excluding steroid dienone is 22. The van der Waals surface area contributed by atoms with Crippen molar-refractivity contribution >= 4 is 22.9 Å². The van der Waals surface area contributed by atoms with E-state index in [2.05, 4.69) is 154 Å². The summed E-state index contributed by atoms with van der Waals surface area (Å²) in [6, 6.07) is 0. The molecular weight excluding hydrogens is 529 g/mol. The summed E-state index contributed by atoms with van der Waals surface area (Å²) in [5.74, 6) is 0.341. The molecule has 0 aromatic rings. The molecule has 0 heterocycles. The third-order valence-corrected chi connectivity index (χ3v) is 8.16. The molecule has 0 N–H and O–H groups in total. The van der Waals surface area contributed by atoms with E-state index in [4.69, 9.17) is 12.2 Å². The molecule has 0 atom stereocenters. The predicted octanol–water partition coefficient (Wildman–Crippen LogP) is 11.8. The first-order valence-corrected chi connectivity index (χ1v) is 15.5. The molecule has 224 valence electrons. The molecule has 0 saturated carbocycles. The van der Waals surface area contributed by atoms with Crippen LogP contribution in [-0.2, 0) is 4.79 Å². The van der Waals surface area contributed by atoms with Gasteiger partial charge >= 0.3 is 0 Å². The third-order valence-electron chi connectivity index (χ3n) is 7.87. The second-order valence-corrected chi connectivity index (χ2v) is 13.9. The van der Waals surface area contributed by atoms with Crippen molar-refractivity contribution < 1.29 is 4.79 Å². The smallest absolute Gasteiger partial charge is 0.137 e. The SMILES string of the molecule is CC1=C(/C=C/C(C)=C/C=C/C(C)=C/C=C/C=C(C)/C=C/C=C(C)/C=C/C2=C(C)CC(=S)CC2(C)C)C(C)(C)CC(=O)C1. The van der Waals surface area contributed by atoms with Gasteiger partial charge in [-0.3, -0.25) is 4.79 Å². The molecule has 0 aromatic heterocycles. The number of hydrogen-bond donors (Lipinski definition) is 0. The molecule has 2 heteroatoms. The van der Waals surface area contributed by atoms with E-state index in [-0.39, 0.29) is 10.8 Å². The van der Waals surface area contributed by atoms with Crippen LogP contribution >= 0.6 is 12.2 Å². The summed E-state index contributed by atoms with van der Waals surface area (Å²) in [5, 5.41) is 0. The Morgan fingerprint density at radius 2 is 0.976 bits per heavy atom. The maximum Gasteiger partial charge on any atom is 0.137 e. The van der Waals surface area contributed by atoms with Crippen LogP contribution in [0.2, 0.25) is 0 Å². The molecule has 2 rings (SSSR count). The summed E-state index contributed by atoms with van der Waals surface area (Å²) in [6.07, 6.45) is 33.1. The van der Waals surface area contributed by atoms with Crippen molar-refractivity contribution in [2.75, 3.05) is 0 Å². The quantitative estimate of drug-likeness (QED) is 0.189. The molecule has 0 unspecified atom stereocenters. The second kappa shape index (κ2) is 15.9. The average molecular weight is 581 g/mol. The number of rotatable bonds is 10. The van der Waals surface area contributed by atoms with E-state index in [0.717, 1.165) is 12.8 Å². The minimum absolute atomic E-state index is 0.0909. The van der Waals surface area contributed by atoms with Gasteiger partial charge in [0.05, 0.1) is 0 Å². The van der Waals surface area contributed by atoms with E-state index >= 15 is 0 Å². The monoisotopic (exact) mass is 580 g/mol. The zero-order chi connectivity index (χ0) is 31.5. The van der Waals surface area contributed by atoms with E-state index in [1.165, 1.54) is 49.4 Å². The minimum atomic E-state index is -0.0909. The molecule has 0 spiro atoms. The van der Waals surface area contributed by atoms with Gasteiger partial charge in [-0.15, -0.1) is 0 Å². The Labute approximate surface area is 262 Å². The highest BCUT2D eigenvalue weighted by atomic mass is 32.1. The molecule has 0 fully saturated rings. The van der Waals surface area contributed by atoms with Crippen LogP contribution in [0.15, 0.2) is 130 Å². The Bertz CT molecular complexity index is 1270. The summed E-state index contributed by atoms with van der Waals surface area (Å²) in [6.45, 7) is 21.7. The average Bonchev–Trinajstić information content (AvgIpc) is 2.84. The Balaban J connectivity index is 1.91. The van der Waals surface area contributed by atoms with Gasteiger partial charge in [-0.25, -0.2) is 0 Å². The van der Waals surface area contributed by atoms with Gasteiger partial charge in [0.25, 0.3) is 0 Å². The fourth-order valence-electron chi connectivity index (χ4n) is 5.74. The normalized spacial score (nSPS) is 21.6. The van der Waals surface area contributed by atoms with Crippen LogP contribution in [0, 0.1) is 10.8 Å². The fourth-order valence-corrected chi connectivity index (χ4v) is 6.32. The van der Waals surface area contributed by atoms with Crippen molar-refractivity contribution in [1.82, 2.24) is 0 Å². The van der Waals surface area contributed by atoms with Crippen molar-refractivity contribution in [3.8, 4) is 0 Å². The second-order valence-electron chi connectivity index (χ2n) is 13.4. The van der Waals surface area contributed by atoms with Gasteiger partial charge < -0.3 is 0 Å². The van der Waals surface area contributed by atoms with Crippen LogP contribution in [0.25, 0.3) is 0 Å².